The predicted molar refractivity (Wildman–Crippen MR) is 83.1 cm³/mol. The van der Waals surface area contributed by atoms with Gasteiger partial charge in [-0.3, -0.25) is 0 Å². The summed E-state index contributed by atoms with van der Waals surface area (Å²) in [4.78, 5) is 22.9. The van der Waals surface area contributed by atoms with Crippen LogP contribution < -0.4 is 4.74 Å². The zero-order valence-corrected chi connectivity index (χ0v) is 13.4. The average Bonchev–Trinajstić information content (AvgIpc) is 2.91. The van der Waals surface area contributed by atoms with Crippen molar-refractivity contribution in [2.75, 3.05) is 7.11 Å². The molecule has 0 bridgehead atoms. The number of rotatable bonds is 5. The first-order valence-corrected chi connectivity index (χ1v) is 7.50. The lowest BCUT2D eigenvalue weighted by Gasteiger charge is -2.16. The van der Waals surface area contributed by atoms with Gasteiger partial charge in [-0.1, -0.05) is 29.8 Å². The zero-order chi connectivity index (χ0) is 16.3. The van der Waals surface area contributed by atoms with Gasteiger partial charge < -0.3 is 14.6 Å². The Hall–Kier alpha value is -2.05. The first-order valence-electron chi connectivity index (χ1n) is 6.30. The highest BCUT2D eigenvalue weighted by atomic mass is 35.5. The number of hydrogen-bond donors (Lipinski definition) is 1. The van der Waals surface area contributed by atoms with E-state index in [1.807, 2.05) is 6.07 Å². The van der Waals surface area contributed by atoms with Gasteiger partial charge in [-0.05, 0) is 13.0 Å². The molecular weight excluding hydrogens is 328 g/mol. The lowest BCUT2D eigenvalue weighted by Crippen LogP contribution is -2.07. The van der Waals surface area contributed by atoms with Gasteiger partial charge in [0.1, 0.15) is 16.7 Å². The minimum Gasteiger partial charge on any atom is -0.484 e. The van der Waals surface area contributed by atoms with E-state index in [1.165, 1.54) is 13.2 Å². The fourth-order valence-corrected chi connectivity index (χ4v) is 3.00. The molecule has 1 unspecified atom stereocenters. The molecular formula is C15H13ClO5S. The molecule has 1 N–H and O–H groups in total. The number of carboxylic acid groups (broad SMARTS) is 1. The Labute approximate surface area is 136 Å². The third-order valence-electron chi connectivity index (χ3n) is 2.93. The Morgan fingerprint density at radius 1 is 1.32 bits per heavy atom. The van der Waals surface area contributed by atoms with E-state index in [2.05, 4.69) is 4.74 Å². The molecule has 1 atom stereocenters. The van der Waals surface area contributed by atoms with Crippen LogP contribution in [0.1, 0.15) is 37.9 Å². The lowest BCUT2D eigenvalue weighted by molar-refractivity contribution is 0.0599. The number of aromatic carboxylic acids is 1. The van der Waals surface area contributed by atoms with E-state index in [-0.39, 0.29) is 15.5 Å². The van der Waals surface area contributed by atoms with Gasteiger partial charge >= 0.3 is 11.9 Å². The maximum Gasteiger partial charge on any atom is 0.351 e. The van der Waals surface area contributed by atoms with Gasteiger partial charge in [0, 0.05) is 16.7 Å². The van der Waals surface area contributed by atoms with E-state index in [0.717, 1.165) is 16.9 Å². The fraction of sp³-hybridized carbons (Fsp3) is 0.200. The minimum absolute atomic E-state index is 0.00163. The Kier molecular flexibility index (Phi) is 5.05. The quantitative estimate of drug-likeness (QED) is 0.832. The van der Waals surface area contributed by atoms with Crippen LogP contribution in [0.4, 0.5) is 0 Å². The summed E-state index contributed by atoms with van der Waals surface area (Å²) < 4.78 is 10.4. The van der Waals surface area contributed by atoms with E-state index < -0.39 is 18.0 Å². The molecule has 0 spiro atoms. The van der Waals surface area contributed by atoms with Crippen LogP contribution in [0.25, 0.3) is 0 Å². The molecule has 0 fully saturated rings. The van der Waals surface area contributed by atoms with Gasteiger partial charge in [-0.25, -0.2) is 9.59 Å². The summed E-state index contributed by atoms with van der Waals surface area (Å²) in [6.07, 6.45) is -0.451. The van der Waals surface area contributed by atoms with E-state index in [1.54, 1.807) is 25.1 Å². The van der Waals surface area contributed by atoms with Crippen LogP contribution in [-0.4, -0.2) is 24.2 Å². The van der Waals surface area contributed by atoms with Crippen LogP contribution in [0, 0.1) is 0 Å². The number of halogens is 1. The molecule has 0 aliphatic heterocycles. The first kappa shape index (κ1) is 16.3. The number of carbonyl (C=O) groups is 2. The van der Waals surface area contributed by atoms with E-state index in [0.29, 0.717) is 5.02 Å². The Bertz CT molecular complexity index is 710. The fourth-order valence-electron chi connectivity index (χ4n) is 1.86. The molecule has 1 aromatic carbocycles. The largest absolute Gasteiger partial charge is 0.484 e. The Morgan fingerprint density at radius 2 is 2.00 bits per heavy atom. The second-order valence-corrected chi connectivity index (χ2v) is 5.84. The predicted octanol–water partition coefficient (Wildman–Crippen LogP) is 4.03. The molecule has 116 valence electrons. The van der Waals surface area contributed by atoms with Gasteiger partial charge in [-0.15, -0.1) is 11.3 Å². The summed E-state index contributed by atoms with van der Waals surface area (Å²) in [5.41, 5.74) is 0.739. The van der Waals surface area contributed by atoms with Crippen LogP contribution in [-0.2, 0) is 4.74 Å². The highest BCUT2D eigenvalue weighted by molar-refractivity contribution is 7.16. The van der Waals surface area contributed by atoms with Crippen LogP contribution in [0.15, 0.2) is 30.3 Å². The molecule has 0 saturated heterocycles. The summed E-state index contributed by atoms with van der Waals surface area (Å²) in [5, 5.41) is 9.58. The number of thiophene rings is 1. The lowest BCUT2D eigenvalue weighted by atomic mass is 10.1. The number of carbonyl (C=O) groups excluding carboxylic acids is 1. The molecule has 7 heteroatoms. The summed E-state index contributed by atoms with van der Waals surface area (Å²) in [6, 6.07) is 8.46. The number of carboxylic acids is 1. The highest BCUT2D eigenvalue weighted by Crippen LogP contribution is 2.34. The van der Waals surface area contributed by atoms with Crippen LogP contribution >= 0.6 is 22.9 Å². The smallest absolute Gasteiger partial charge is 0.351 e. The van der Waals surface area contributed by atoms with Crippen molar-refractivity contribution in [3.63, 3.8) is 0 Å². The highest BCUT2D eigenvalue weighted by Gasteiger charge is 2.23. The molecule has 2 rings (SSSR count). The van der Waals surface area contributed by atoms with Crippen molar-refractivity contribution in [1.82, 2.24) is 0 Å². The van der Waals surface area contributed by atoms with Gasteiger partial charge in [0.05, 0.1) is 7.11 Å². The maximum absolute atomic E-state index is 11.7. The van der Waals surface area contributed by atoms with Crippen molar-refractivity contribution < 1.29 is 24.2 Å². The van der Waals surface area contributed by atoms with Crippen molar-refractivity contribution >= 4 is 34.9 Å². The molecule has 2 aromatic rings. The Morgan fingerprint density at radius 3 is 2.59 bits per heavy atom. The second-order valence-electron chi connectivity index (χ2n) is 4.38. The van der Waals surface area contributed by atoms with Crippen LogP contribution in [0.3, 0.4) is 0 Å². The van der Waals surface area contributed by atoms with Gasteiger partial charge in [0.15, 0.2) is 4.88 Å². The molecule has 0 saturated carbocycles. The summed E-state index contributed by atoms with van der Waals surface area (Å²) in [5.74, 6) is -1.60. The van der Waals surface area contributed by atoms with Crippen molar-refractivity contribution in [2.24, 2.45) is 0 Å². The number of hydrogen-bond acceptors (Lipinski definition) is 5. The molecule has 22 heavy (non-hydrogen) atoms. The second kappa shape index (κ2) is 6.81. The van der Waals surface area contributed by atoms with Gasteiger partial charge in [0.25, 0.3) is 0 Å². The van der Waals surface area contributed by atoms with Crippen molar-refractivity contribution in [2.45, 2.75) is 13.0 Å². The van der Waals surface area contributed by atoms with Gasteiger partial charge in [0.2, 0.25) is 0 Å². The monoisotopic (exact) mass is 340 g/mol. The first-order chi connectivity index (χ1) is 10.4. The summed E-state index contributed by atoms with van der Waals surface area (Å²) in [7, 11) is 1.23. The number of ether oxygens (including phenoxy) is 2. The molecule has 0 aliphatic rings. The number of esters is 1. The third kappa shape index (κ3) is 3.40. The number of benzene rings is 1. The van der Waals surface area contributed by atoms with Crippen LogP contribution in [0.2, 0.25) is 5.02 Å². The van der Waals surface area contributed by atoms with Crippen molar-refractivity contribution in [3.05, 3.63) is 50.7 Å². The SMILES string of the molecule is COC(=O)c1sc(C(=O)O)cc1OC(C)c1ccccc1Cl. The van der Waals surface area contributed by atoms with E-state index in [9.17, 15) is 9.59 Å². The topological polar surface area (TPSA) is 72.8 Å². The van der Waals surface area contributed by atoms with E-state index >= 15 is 0 Å². The van der Waals surface area contributed by atoms with Crippen LogP contribution in [0.5, 0.6) is 5.75 Å². The summed E-state index contributed by atoms with van der Waals surface area (Å²) in [6.45, 7) is 1.76. The minimum atomic E-state index is -1.13. The third-order valence-corrected chi connectivity index (χ3v) is 4.36. The van der Waals surface area contributed by atoms with Gasteiger partial charge in [-0.2, -0.15) is 0 Å². The molecule has 0 amide bonds. The molecule has 5 nitrogen and oxygen atoms in total. The van der Waals surface area contributed by atoms with E-state index in [4.69, 9.17) is 21.4 Å². The van der Waals surface area contributed by atoms with Crippen molar-refractivity contribution in [3.8, 4) is 5.75 Å². The molecule has 0 radical (unpaired) electrons. The molecule has 0 aliphatic carbocycles. The molecule has 1 aromatic heterocycles. The Balaban J connectivity index is 2.34. The maximum atomic E-state index is 11.7. The van der Waals surface area contributed by atoms with Crippen molar-refractivity contribution in [1.29, 1.82) is 0 Å². The zero-order valence-electron chi connectivity index (χ0n) is 11.8. The standard InChI is InChI=1S/C15H13ClO5S/c1-8(9-5-3-4-6-10(9)16)21-11-7-12(14(17)18)22-13(11)15(19)20-2/h3-8H,1-2H3,(H,17,18). The normalized spacial score (nSPS) is 11.8. The average molecular weight is 341 g/mol. The summed E-state index contributed by atoms with van der Waals surface area (Å²) >= 11 is 6.92. The number of methoxy groups -OCH3 is 1. The molecule has 1 heterocycles.